The average molecular weight is 456 g/mol. The van der Waals surface area contributed by atoms with Crippen molar-refractivity contribution < 1.29 is 18.0 Å². The van der Waals surface area contributed by atoms with Crippen molar-refractivity contribution in [3.05, 3.63) is 60.0 Å². The molecular formula is C23H23F3N6O. The van der Waals surface area contributed by atoms with Crippen molar-refractivity contribution in [3.8, 4) is 11.1 Å². The molecule has 2 aliphatic rings. The van der Waals surface area contributed by atoms with Gasteiger partial charge in [0.1, 0.15) is 11.5 Å². The van der Waals surface area contributed by atoms with Crippen molar-refractivity contribution in [2.75, 3.05) is 42.5 Å². The van der Waals surface area contributed by atoms with Gasteiger partial charge in [0.25, 0.3) is 5.91 Å². The van der Waals surface area contributed by atoms with Gasteiger partial charge in [-0.25, -0.2) is 4.98 Å². The minimum absolute atomic E-state index is 0.137. The predicted molar refractivity (Wildman–Crippen MR) is 118 cm³/mol. The molecule has 0 bridgehead atoms. The number of nitrogens with zero attached hydrogens (tertiary/aromatic N) is 5. The van der Waals surface area contributed by atoms with Crippen LogP contribution < -0.4 is 15.1 Å². The molecule has 0 saturated carbocycles. The van der Waals surface area contributed by atoms with E-state index in [4.69, 9.17) is 0 Å². The normalized spacial score (nSPS) is 19.0. The van der Waals surface area contributed by atoms with Crippen LogP contribution in [-0.4, -0.2) is 53.4 Å². The van der Waals surface area contributed by atoms with Gasteiger partial charge in [-0.2, -0.15) is 18.3 Å². The second-order valence-corrected chi connectivity index (χ2v) is 8.30. The maximum Gasteiger partial charge on any atom is 0.416 e. The first-order valence-corrected chi connectivity index (χ1v) is 10.8. The van der Waals surface area contributed by atoms with E-state index in [0.29, 0.717) is 23.5 Å². The van der Waals surface area contributed by atoms with E-state index >= 15 is 0 Å². The second kappa shape index (κ2) is 8.18. The number of halogens is 3. The molecule has 0 spiro atoms. The number of hydrogen-bond donors (Lipinski definition) is 1. The summed E-state index contributed by atoms with van der Waals surface area (Å²) in [5.41, 5.74) is 1.51. The molecule has 0 radical (unpaired) electrons. The summed E-state index contributed by atoms with van der Waals surface area (Å²) in [5, 5.41) is 7.74. The van der Waals surface area contributed by atoms with E-state index in [1.54, 1.807) is 17.1 Å². The van der Waals surface area contributed by atoms with Crippen LogP contribution in [0.2, 0.25) is 0 Å². The first-order valence-electron chi connectivity index (χ1n) is 10.8. The SMILES string of the molecule is C[C@H]1CN(c2ccc(C(F)(F)F)cc2)C(=O)c2c(-c3ccc(N4CCNCC4)nc3)cnn21. The largest absolute Gasteiger partial charge is 0.416 e. The first-order chi connectivity index (χ1) is 15.8. The van der Waals surface area contributed by atoms with Crippen LogP contribution >= 0.6 is 0 Å². The highest BCUT2D eigenvalue weighted by Crippen LogP contribution is 2.35. The molecule has 1 aromatic carbocycles. The van der Waals surface area contributed by atoms with Gasteiger partial charge in [-0.05, 0) is 43.3 Å². The second-order valence-electron chi connectivity index (χ2n) is 8.30. The fourth-order valence-corrected chi connectivity index (χ4v) is 4.35. The summed E-state index contributed by atoms with van der Waals surface area (Å²) in [7, 11) is 0. The third-order valence-corrected chi connectivity index (χ3v) is 6.11. The summed E-state index contributed by atoms with van der Waals surface area (Å²) in [6.45, 7) is 5.83. The van der Waals surface area contributed by atoms with E-state index in [1.807, 2.05) is 19.1 Å². The van der Waals surface area contributed by atoms with Gasteiger partial charge in [-0.1, -0.05) is 0 Å². The van der Waals surface area contributed by atoms with Crippen LogP contribution in [0, 0.1) is 0 Å². The Kier molecular flexibility index (Phi) is 5.32. The number of fused-ring (bicyclic) bond motifs is 1. The van der Waals surface area contributed by atoms with Crippen LogP contribution in [0.3, 0.4) is 0 Å². The number of carbonyl (C=O) groups excluding carboxylic acids is 1. The Labute approximate surface area is 188 Å². The quantitative estimate of drug-likeness (QED) is 0.653. The Morgan fingerprint density at radius 2 is 1.76 bits per heavy atom. The van der Waals surface area contributed by atoms with Crippen LogP contribution in [0.5, 0.6) is 0 Å². The fourth-order valence-electron chi connectivity index (χ4n) is 4.35. The van der Waals surface area contributed by atoms with E-state index in [2.05, 4.69) is 20.3 Å². The molecule has 1 fully saturated rings. The summed E-state index contributed by atoms with van der Waals surface area (Å²) < 4.78 is 40.5. The molecule has 2 aromatic heterocycles. The standard InChI is InChI=1S/C23H23F3N6O/c1-15-14-31(18-5-3-17(4-6-18)23(24,25)26)22(33)21-19(13-29-32(15)21)16-2-7-20(28-12-16)30-10-8-27-9-11-30/h2-7,12-13,15,27H,8-11,14H2,1H3/t15-/m0/s1. The molecule has 1 saturated heterocycles. The number of pyridine rings is 1. The molecule has 5 rings (SSSR count). The van der Waals surface area contributed by atoms with Crippen LogP contribution in [0.4, 0.5) is 24.7 Å². The minimum atomic E-state index is -4.42. The number of anilines is 2. The van der Waals surface area contributed by atoms with Gasteiger partial charge in [0.15, 0.2) is 0 Å². The van der Waals surface area contributed by atoms with Gasteiger partial charge in [-0.3, -0.25) is 9.48 Å². The number of piperazine rings is 1. The molecule has 1 N–H and O–H groups in total. The first kappa shape index (κ1) is 21.4. The summed E-state index contributed by atoms with van der Waals surface area (Å²) in [5.74, 6) is 0.582. The highest BCUT2D eigenvalue weighted by Gasteiger charge is 2.35. The highest BCUT2D eigenvalue weighted by atomic mass is 19.4. The van der Waals surface area contributed by atoms with Gasteiger partial charge in [0.2, 0.25) is 0 Å². The third kappa shape index (κ3) is 3.95. The minimum Gasteiger partial charge on any atom is -0.354 e. The Hall–Kier alpha value is -3.40. The maximum absolute atomic E-state index is 13.4. The lowest BCUT2D eigenvalue weighted by molar-refractivity contribution is -0.137. The summed E-state index contributed by atoms with van der Waals surface area (Å²) in [4.78, 5) is 21.7. The van der Waals surface area contributed by atoms with Gasteiger partial charge >= 0.3 is 6.18 Å². The number of nitrogens with one attached hydrogen (secondary N) is 1. The highest BCUT2D eigenvalue weighted by molar-refractivity contribution is 6.09. The number of benzene rings is 1. The molecule has 1 amide bonds. The van der Waals surface area contributed by atoms with E-state index in [9.17, 15) is 18.0 Å². The topological polar surface area (TPSA) is 66.3 Å². The van der Waals surface area contributed by atoms with Crippen LogP contribution in [0.15, 0.2) is 48.8 Å². The zero-order valence-corrected chi connectivity index (χ0v) is 18.0. The van der Waals surface area contributed by atoms with Crippen LogP contribution in [0.25, 0.3) is 11.1 Å². The van der Waals surface area contributed by atoms with Gasteiger partial charge in [0.05, 0.1) is 17.8 Å². The molecule has 7 nitrogen and oxygen atoms in total. The van der Waals surface area contributed by atoms with E-state index in [1.165, 1.54) is 17.0 Å². The lowest BCUT2D eigenvalue weighted by Gasteiger charge is -2.32. The molecule has 0 unspecified atom stereocenters. The van der Waals surface area contributed by atoms with E-state index in [0.717, 1.165) is 49.7 Å². The van der Waals surface area contributed by atoms with Crippen molar-refractivity contribution in [3.63, 3.8) is 0 Å². The summed E-state index contributed by atoms with van der Waals surface area (Å²) >= 11 is 0. The zero-order valence-electron chi connectivity index (χ0n) is 18.0. The number of amides is 1. The molecule has 2 aliphatic heterocycles. The zero-order chi connectivity index (χ0) is 23.2. The van der Waals surface area contributed by atoms with Crippen molar-refractivity contribution in [2.24, 2.45) is 0 Å². The molecule has 10 heteroatoms. The Morgan fingerprint density at radius 1 is 1.03 bits per heavy atom. The molecule has 3 aromatic rings. The van der Waals surface area contributed by atoms with Crippen molar-refractivity contribution >= 4 is 17.4 Å². The van der Waals surface area contributed by atoms with Gasteiger partial charge in [-0.15, -0.1) is 0 Å². The molecule has 0 aliphatic carbocycles. The summed E-state index contributed by atoms with van der Waals surface area (Å²) in [6.07, 6.45) is -1.03. The van der Waals surface area contributed by atoms with E-state index in [-0.39, 0.29) is 11.9 Å². The smallest absolute Gasteiger partial charge is 0.354 e. The lowest BCUT2D eigenvalue weighted by atomic mass is 10.0. The number of aromatic nitrogens is 3. The molecule has 1 atom stereocenters. The van der Waals surface area contributed by atoms with E-state index < -0.39 is 11.7 Å². The number of rotatable bonds is 3. The molecule has 4 heterocycles. The van der Waals surface area contributed by atoms with Crippen molar-refractivity contribution in [2.45, 2.75) is 19.1 Å². The van der Waals surface area contributed by atoms with Crippen molar-refractivity contribution in [1.82, 2.24) is 20.1 Å². The predicted octanol–water partition coefficient (Wildman–Crippen LogP) is 3.59. The fraction of sp³-hybridized carbons (Fsp3) is 0.348. The lowest BCUT2D eigenvalue weighted by Crippen LogP contribution is -2.43. The molecular weight excluding hydrogens is 433 g/mol. The van der Waals surface area contributed by atoms with Gasteiger partial charge < -0.3 is 15.1 Å². The van der Waals surface area contributed by atoms with Gasteiger partial charge in [0, 0.05) is 55.7 Å². The van der Waals surface area contributed by atoms with Crippen LogP contribution in [-0.2, 0) is 6.18 Å². The Bertz CT molecular complexity index is 1150. The third-order valence-electron chi connectivity index (χ3n) is 6.11. The average Bonchev–Trinajstić information content (AvgIpc) is 3.28. The number of hydrogen-bond acceptors (Lipinski definition) is 5. The summed E-state index contributed by atoms with van der Waals surface area (Å²) in [6, 6.07) is 8.40. The monoisotopic (exact) mass is 456 g/mol. The molecule has 33 heavy (non-hydrogen) atoms. The molecule has 172 valence electrons. The number of carbonyl (C=O) groups is 1. The Morgan fingerprint density at radius 3 is 2.39 bits per heavy atom. The van der Waals surface area contributed by atoms with Crippen molar-refractivity contribution in [1.29, 1.82) is 0 Å². The van der Waals surface area contributed by atoms with Crippen LogP contribution in [0.1, 0.15) is 29.0 Å². The maximum atomic E-state index is 13.4. The Balaban J connectivity index is 1.45. The number of alkyl halides is 3.